The molecule has 0 bridgehead atoms. The highest BCUT2D eigenvalue weighted by atomic mass is 28.2. The molecule has 0 saturated heterocycles. The van der Waals surface area contributed by atoms with Gasteiger partial charge in [-0.05, 0) is 13.5 Å². The molecule has 0 aromatic heterocycles. The normalized spacial score (nSPS) is 10.0. The molecule has 0 atom stereocenters. The number of nitrogens with one attached hydrogen (secondary N) is 1. The number of hydrogen-bond donors (Lipinski definition) is 1. The van der Waals surface area contributed by atoms with Gasteiger partial charge in [0.2, 0.25) is 0 Å². The summed E-state index contributed by atoms with van der Waals surface area (Å²) >= 11 is 0. The van der Waals surface area contributed by atoms with Crippen LogP contribution in [0.1, 0.15) is 26.2 Å². The maximum Gasteiger partial charge on any atom is 0.337 e. The molecule has 0 aliphatic heterocycles. The monoisotopic (exact) mass is 145 g/mol. The van der Waals surface area contributed by atoms with E-state index < -0.39 is 0 Å². The summed E-state index contributed by atoms with van der Waals surface area (Å²) in [6, 6.07) is 0. The first-order valence-electron chi connectivity index (χ1n) is 3.45. The van der Waals surface area contributed by atoms with Crippen molar-refractivity contribution >= 4 is 9.92 Å². The molecule has 0 heterocycles. The van der Waals surface area contributed by atoms with E-state index in [1.54, 1.807) is 0 Å². The van der Waals surface area contributed by atoms with E-state index in [2.05, 4.69) is 11.9 Å². The zero-order chi connectivity index (χ0) is 6.95. The molecular weight excluding hydrogens is 130 g/mol. The first-order chi connectivity index (χ1) is 4.41. The standard InChI is InChI=1S/C6H15NOSi/c1-3-4-5-6-8-9-7-2/h7H,3-6H2,1-2H3. The van der Waals surface area contributed by atoms with Gasteiger partial charge in [-0.1, -0.05) is 19.8 Å². The summed E-state index contributed by atoms with van der Waals surface area (Å²) in [6.45, 7) is 3.10. The third-order valence-electron chi connectivity index (χ3n) is 1.02. The summed E-state index contributed by atoms with van der Waals surface area (Å²) in [7, 11) is 2.38. The molecule has 0 aliphatic carbocycles. The van der Waals surface area contributed by atoms with Crippen molar-refractivity contribution in [2.45, 2.75) is 26.2 Å². The predicted molar refractivity (Wildman–Crippen MR) is 40.3 cm³/mol. The fourth-order valence-corrected chi connectivity index (χ4v) is 0.938. The van der Waals surface area contributed by atoms with Crippen LogP contribution in [0.25, 0.3) is 0 Å². The lowest BCUT2D eigenvalue weighted by Crippen LogP contribution is -2.16. The zero-order valence-electron chi connectivity index (χ0n) is 6.24. The maximum atomic E-state index is 5.20. The molecule has 9 heavy (non-hydrogen) atoms. The van der Waals surface area contributed by atoms with E-state index in [0.717, 1.165) is 6.61 Å². The Bertz CT molecular complexity index is 46.3. The molecule has 0 rings (SSSR count). The van der Waals surface area contributed by atoms with E-state index in [0.29, 0.717) is 9.92 Å². The molecule has 1 N–H and O–H groups in total. The van der Waals surface area contributed by atoms with Crippen LogP contribution in [0, 0.1) is 0 Å². The lowest BCUT2D eigenvalue weighted by molar-refractivity contribution is 0.318. The quantitative estimate of drug-likeness (QED) is 0.444. The smallest absolute Gasteiger partial charge is 0.337 e. The van der Waals surface area contributed by atoms with Gasteiger partial charge in [-0.25, -0.2) is 0 Å². The molecule has 0 aromatic carbocycles. The summed E-state index contributed by atoms with van der Waals surface area (Å²) in [4.78, 5) is 2.95. The molecule has 0 amide bonds. The Hall–Kier alpha value is 0.137. The Morgan fingerprint density at radius 2 is 2.22 bits per heavy atom. The van der Waals surface area contributed by atoms with Crippen molar-refractivity contribution in [3.63, 3.8) is 0 Å². The third kappa shape index (κ3) is 8.14. The third-order valence-corrected chi connectivity index (χ3v) is 1.58. The molecule has 0 spiro atoms. The highest BCUT2D eigenvalue weighted by Gasteiger charge is 1.86. The van der Waals surface area contributed by atoms with Crippen LogP contribution in [0.3, 0.4) is 0 Å². The Kier molecular flexibility index (Phi) is 8.26. The van der Waals surface area contributed by atoms with Crippen molar-refractivity contribution in [3.05, 3.63) is 0 Å². The molecule has 3 heteroatoms. The molecule has 0 aliphatic rings. The molecule has 2 nitrogen and oxygen atoms in total. The minimum Gasteiger partial charge on any atom is -0.402 e. The Labute approximate surface area is 60.0 Å². The molecule has 0 unspecified atom stereocenters. The van der Waals surface area contributed by atoms with E-state index in [-0.39, 0.29) is 0 Å². The van der Waals surface area contributed by atoms with Crippen LogP contribution < -0.4 is 4.98 Å². The Morgan fingerprint density at radius 3 is 2.78 bits per heavy atom. The second kappa shape index (κ2) is 8.14. The fourth-order valence-electron chi connectivity index (χ4n) is 0.547. The topological polar surface area (TPSA) is 21.3 Å². The average molecular weight is 145 g/mol. The van der Waals surface area contributed by atoms with E-state index in [1.165, 1.54) is 19.3 Å². The second-order valence-electron chi connectivity index (χ2n) is 1.91. The van der Waals surface area contributed by atoms with Gasteiger partial charge in [0.15, 0.2) is 0 Å². The molecule has 2 radical (unpaired) electrons. The molecule has 0 aromatic rings. The van der Waals surface area contributed by atoms with Gasteiger partial charge in [0.05, 0.1) is 0 Å². The number of hydrogen-bond acceptors (Lipinski definition) is 2. The minimum absolute atomic E-state index is 0.476. The molecule has 0 saturated carbocycles. The number of rotatable bonds is 6. The predicted octanol–water partition coefficient (Wildman–Crippen LogP) is 0.947. The van der Waals surface area contributed by atoms with E-state index >= 15 is 0 Å². The van der Waals surface area contributed by atoms with Crippen LogP contribution >= 0.6 is 0 Å². The lowest BCUT2D eigenvalue weighted by atomic mass is 10.3. The summed E-state index contributed by atoms with van der Waals surface area (Å²) < 4.78 is 5.20. The van der Waals surface area contributed by atoms with Gasteiger partial charge in [0.25, 0.3) is 0 Å². The van der Waals surface area contributed by atoms with Gasteiger partial charge >= 0.3 is 9.92 Å². The molecular formula is C6H15NOSi. The Balaban J connectivity index is 2.60. The minimum atomic E-state index is 0.476. The summed E-state index contributed by atoms with van der Waals surface area (Å²) in [5, 5.41) is 0. The summed E-state index contributed by atoms with van der Waals surface area (Å²) in [5.41, 5.74) is 0. The SMILES string of the molecule is CCCCCO[Si]NC. The van der Waals surface area contributed by atoms with Crippen LogP contribution in [0.15, 0.2) is 0 Å². The van der Waals surface area contributed by atoms with Gasteiger partial charge in [0.1, 0.15) is 0 Å². The van der Waals surface area contributed by atoms with Crippen LogP contribution in [0.5, 0.6) is 0 Å². The van der Waals surface area contributed by atoms with Gasteiger partial charge in [-0.3, -0.25) is 0 Å². The molecule has 54 valence electrons. The lowest BCUT2D eigenvalue weighted by Gasteiger charge is -1.98. The number of unbranched alkanes of at least 4 members (excludes halogenated alkanes) is 2. The Morgan fingerprint density at radius 1 is 1.44 bits per heavy atom. The van der Waals surface area contributed by atoms with Gasteiger partial charge < -0.3 is 9.41 Å². The van der Waals surface area contributed by atoms with Crippen molar-refractivity contribution in [1.29, 1.82) is 0 Å². The van der Waals surface area contributed by atoms with Crippen molar-refractivity contribution in [3.8, 4) is 0 Å². The first-order valence-corrected chi connectivity index (χ1v) is 4.36. The van der Waals surface area contributed by atoms with Crippen molar-refractivity contribution in [1.82, 2.24) is 4.98 Å². The van der Waals surface area contributed by atoms with E-state index in [4.69, 9.17) is 4.43 Å². The highest BCUT2D eigenvalue weighted by molar-refractivity contribution is 6.23. The van der Waals surface area contributed by atoms with Crippen molar-refractivity contribution in [2.24, 2.45) is 0 Å². The zero-order valence-corrected chi connectivity index (χ0v) is 7.24. The molecule has 0 fully saturated rings. The van der Waals surface area contributed by atoms with Gasteiger partial charge in [0, 0.05) is 6.61 Å². The van der Waals surface area contributed by atoms with Crippen molar-refractivity contribution in [2.75, 3.05) is 13.7 Å². The van der Waals surface area contributed by atoms with Crippen molar-refractivity contribution < 1.29 is 4.43 Å². The van der Waals surface area contributed by atoms with E-state index in [1.807, 2.05) is 7.05 Å². The first kappa shape index (κ1) is 9.14. The maximum absolute atomic E-state index is 5.20. The van der Waals surface area contributed by atoms with Crippen LogP contribution in [0.2, 0.25) is 0 Å². The van der Waals surface area contributed by atoms with Crippen LogP contribution in [-0.4, -0.2) is 23.6 Å². The second-order valence-corrected chi connectivity index (χ2v) is 2.90. The van der Waals surface area contributed by atoms with E-state index in [9.17, 15) is 0 Å². The summed E-state index contributed by atoms with van der Waals surface area (Å²) in [6.07, 6.45) is 3.76. The highest BCUT2D eigenvalue weighted by Crippen LogP contribution is 1.92. The largest absolute Gasteiger partial charge is 0.402 e. The van der Waals surface area contributed by atoms with Crippen LogP contribution in [0.4, 0.5) is 0 Å². The van der Waals surface area contributed by atoms with Gasteiger partial charge in [-0.15, -0.1) is 0 Å². The fraction of sp³-hybridized carbons (Fsp3) is 1.00. The summed E-state index contributed by atoms with van der Waals surface area (Å²) in [5.74, 6) is 0. The van der Waals surface area contributed by atoms with Gasteiger partial charge in [-0.2, -0.15) is 0 Å². The van der Waals surface area contributed by atoms with Crippen LogP contribution in [-0.2, 0) is 4.43 Å². The average Bonchev–Trinajstić information content (AvgIpc) is 1.89.